The first-order chi connectivity index (χ1) is 9.56. The maximum atomic E-state index is 5.98. The van der Waals surface area contributed by atoms with Gasteiger partial charge in [0.15, 0.2) is 0 Å². The van der Waals surface area contributed by atoms with Crippen LogP contribution in [-0.2, 0) is 4.74 Å². The van der Waals surface area contributed by atoms with Crippen LogP contribution in [0, 0.1) is 5.92 Å². The third kappa shape index (κ3) is 6.72. The molecule has 1 heteroatoms. The van der Waals surface area contributed by atoms with Crippen molar-refractivity contribution in [2.45, 2.75) is 45.6 Å². The number of hydrogen-bond acceptors (Lipinski definition) is 1. The number of hydrogen-bond donors (Lipinski definition) is 0. The standard InChI is InChI=1S/C19H28O/c1-5-19(4,15-9-11-17(2)3)20-16-10-14-18-12-7-6-8-13-18/h5-8,10,12-14,17H,1,9,11,15-16H2,2-4H3. The summed E-state index contributed by atoms with van der Waals surface area (Å²) in [5.74, 6) is 0.752. The van der Waals surface area contributed by atoms with E-state index in [2.05, 4.69) is 51.6 Å². The zero-order valence-corrected chi connectivity index (χ0v) is 13.1. The molecular weight excluding hydrogens is 244 g/mol. The Balaban J connectivity index is 2.36. The van der Waals surface area contributed by atoms with Gasteiger partial charge >= 0.3 is 0 Å². The molecule has 1 unspecified atom stereocenters. The van der Waals surface area contributed by atoms with Crippen LogP contribution in [0.3, 0.4) is 0 Å². The van der Waals surface area contributed by atoms with E-state index in [1.807, 2.05) is 24.3 Å². The van der Waals surface area contributed by atoms with Crippen LogP contribution < -0.4 is 0 Å². The Hall–Kier alpha value is -1.34. The van der Waals surface area contributed by atoms with Crippen LogP contribution >= 0.6 is 0 Å². The minimum Gasteiger partial charge on any atom is -0.367 e. The third-order valence-electron chi connectivity index (χ3n) is 3.51. The van der Waals surface area contributed by atoms with Crippen LogP contribution in [0.25, 0.3) is 6.08 Å². The van der Waals surface area contributed by atoms with E-state index in [-0.39, 0.29) is 5.60 Å². The van der Waals surface area contributed by atoms with Crippen molar-refractivity contribution in [3.8, 4) is 0 Å². The molecule has 0 aliphatic carbocycles. The van der Waals surface area contributed by atoms with Gasteiger partial charge in [-0.25, -0.2) is 0 Å². The first-order valence-electron chi connectivity index (χ1n) is 7.55. The van der Waals surface area contributed by atoms with Gasteiger partial charge < -0.3 is 4.74 Å². The molecular formula is C19H28O. The minimum absolute atomic E-state index is 0.212. The van der Waals surface area contributed by atoms with Gasteiger partial charge in [0.2, 0.25) is 0 Å². The maximum Gasteiger partial charge on any atom is 0.0836 e. The third-order valence-corrected chi connectivity index (χ3v) is 3.51. The number of ether oxygens (including phenoxy) is 1. The largest absolute Gasteiger partial charge is 0.367 e. The topological polar surface area (TPSA) is 9.23 Å². The highest BCUT2D eigenvalue weighted by molar-refractivity contribution is 5.48. The summed E-state index contributed by atoms with van der Waals surface area (Å²) < 4.78 is 5.98. The van der Waals surface area contributed by atoms with Gasteiger partial charge in [0.05, 0.1) is 12.2 Å². The van der Waals surface area contributed by atoms with Crippen LogP contribution in [0.4, 0.5) is 0 Å². The van der Waals surface area contributed by atoms with Gasteiger partial charge in [0.1, 0.15) is 0 Å². The molecule has 0 aromatic heterocycles. The second-order valence-corrected chi connectivity index (χ2v) is 5.93. The Morgan fingerprint density at radius 2 is 1.95 bits per heavy atom. The average Bonchev–Trinajstić information content (AvgIpc) is 2.44. The van der Waals surface area contributed by atoms with E-state index < -0.39 is 0 Å². The van der Waals surface area contributed by atoms with Gasteiger partial charge in [-0.1, -0.05) is 75.2 Å². The molecule has 0 fully saturated rings. The summed E-state index contributed by atoms with van der Waals surface area (Å²) in [5, 5.41) is 0. The minimum atomic E-state index is -0.212. The summed E-state index contributed by atoms with van der Waals surface area (Å²) in [6, 6.07) is 10.3. The Bertz CT molecular complexity index is 405. The summed E-state index contributed by atoms with van der Waals surface area (Å²) in [5.41, 5.74) is 0.992. The first kappa shape index (κ1) is 16.7. The van der Waals surface area contributed by atoms with Crippen LogP contribution in [0.5, 0.6) is 0 Å². The van der Waals surface area contributed by atoms with Crippen LogP contribution in [0.15, 0.2) is 49.1 Å². The lowest BCUT2D eigenvalue weighted by Gasteiger charge is -2.26. The summed E-state index contributed by atoms with van der Waals surface area (Å²) >= 11 is 0. The highest BCUT2D eigenvalue weighted by atomic mass is 16.5. The molecule has 0 heterocycles. The molecule has 1 nitrogen and oxygen atoms in total. The quantitative estimate of drug-likeness (QED) is 0.540. The highest BCUT2D eigenvalue weighted by Gasteiger charge is 2.19. The van der Waals surface area contributed by atoms with Gasteiger partial charge in [-0.15, -0.1) is 6.58 Å². The fourth-order valence-corrected chi connectivity index (χ4v) is 2.08. The molecule has 0 aliphatic rings. The Labute approximate surface area is 124 Å². The van der Waals surface area contributed by atoms with Crippen molar-refractivity contribution in [3.63, 3.8) is 0 Å². The molecule has 0 bridgehead atoms. The normalized spacial score (nSPS) is 14.6. The van der Waals surface area contributed by atoms with Gasteiger partial charge in [0.25, 0.3) is 0 Å². The van der Waals surface area contributed by atoms with Crippen LogP contribution in [0.2, 0.25) is 0 Å². The predicted octanol–water partition coefficient (Wildman–Crippen LogP) is 5.49. The molecule has 0 N–H and O–H groups in total. The smallest absolute Gasteiger partial charge is 0.0836 e. The van der Waals surface area contributed by atoms with Crippen LogP contribution in [-0.4, -0.2) is 12.2 Å². The molecule has 0 aliphatic heterocycles. The molecule has 20 heavy (non-hydrogen) atoms. The van der Waals surface area contributed by atoms with Crippen molar-refractivity contribution >= 4 is 6.08 Å². The zero-order valence-electron chi connectivity index (χ0n) is 13.1. The lowest BCUT2D eigenvalue weighted by atomic mass is 9.96. The summed E-state index contributed by atoms with van der Waals surface area (Å²) in [6.07, 6.45) is 9.56. The Morgan fingerprint density at radius 3 is 2.55 bits per heavy atom. The molecule has 0 amide bonds. The second-order valence-electron chi connectivity index (χ2n) is 5.93. The lowest BCUT2D eigenvalue weighted by Crippen LogP contribution is -2.26. The molecule has 1 rings (SSSR count). The maximum absolute atomic E-state index is 5.98. The fraction of sp³-hybridized carbons (Fsp3) is 0.474. The SMILES string of the molecule is C=CC(C)(CCCC(C)C)OCC=Cc1ccccc1. The molecule has 0 saturated carbocycles. The Kier molecular flexibility index (Phi) is 7.32. The number of benzene rings is 1. The van der Waals surface area contributed by atoms with Crippen molar-refractivity contribution < 1.29 is 4.74 Å². The van der Waals surface area contributed by atoms with Crippen LogP contribution in [0.1, 0.15) is 45.6 Å². The van der Waals surface area contributed by atoms with Crippen molar-refractivity contribution in [2.24, 2.45) is 5.92 Å². The van der Waals surface area contributed by atoms with E-state index in [0.29, 0.717) is 6.61 Å². The van der Waals surface area contributed by atoms with E-state index >= 15 is 0 Å². The van der Waals surface area contributed by atoms with Crippen molar-refractivity contribution in [3.05, 3.63) is 54.6 Å². The Morgan fingerprint density at radius 1 is 1.25 bits per heavy atom. The number of rotatable bonds is 9. The lowest BCUT2D eigenvalue weighted by molar-refractivity contribution is 0.0151. The van der Waals surface area contributed by atoms with Gasteiger partial charge in [0, 0.05) is 0 Å². The van der Waals surface area contributed by atoms with E-state index in [9.17, 15) is 0 Å². The summed E-state index contributed by atoms with van der Waals surface area (Å²) in [4.78, 5) is 0. The molecule has 0 radical (unpaired) electrons. The molecule has 1 atom stereocenters. The fourth-order valence-electron chi connectivity index (χ4n) is 2.08. The van der Waals surface area contributed by atoms with Gasteiger partial charge in [-0.2, -0.15) is 0 Å². The van der Waals surface area contributed by atoms with Crippen molar-refractivity contribution in [2.75, 3.05) is 6.61 Å². The zero-order chi connectivity index (χ0) is 14.8. The molecule has 110 valence electrons. The van der Waals surface area contributed by atoms with E-state index in [4.69, 9.17) is 4.74 Å². The van der Waals surface area contributed by atoms with Crippen molar-refractivity contribution in [1.82, 2.24) is 0 Å². The average molecular weight is 272 g/mol. The van der Waals surface area contributed by atoms with Crippen molar-refractivity contribution in [1.29, 1.82) is 0 Å². The van der Waals surface area contributed by atoms with Gasteiger partial charge in [-0.3, -0.25) is 0 Å². The molecule has 0 spiro atoms. The van der Waals surface area contributed by atoms with E-state index in [0.717, 1.165) is 12.3 Å². The molecule has 0 saturated heterocycles. The summed E-state index contributed by atoms with van der Waals surface area (Å²) in [7, 11) is 0. The van der Waals surface area contributed by atoms with Gasteiger partial charge in [-0.05, 0) is 24.8 Å². The predicted molar refractivity (Wildman–Crippen MR) is 88.7 cm³/mol. The van der Waals surface area contributed by atoms with E-state index in [1.54, 1.807) is 0 Å². The molecule has 1 aromatic rings. The monoisotopic (exact) mass is 272 g/mol. The highest BCUT2D eigenvalue weighted by Crippen LogP contribution is 2.21. The molecule has 1 aromatic carbocycles. The first-order valence-corrected chi connectivity index (χ1v) is 7.55. The second kappa shape index (κ2) is 8.76. The van der Waals surface area contributed by atoms with E-state index in [1.165, 1.54) is 18.4 Å². The summed E-state index contributed by atoms with van der Waals surface area (Å²) in [6.45, 7) is 11.2.